The minimum absolute atomic E-state index is 0.132. The summed E-state index contributed by atoms with van der Waals surface area (Å²) in [5.74, 6) is 0.197. The highest BCUT2D eigenvalue weighted by atomic mass is 32.1. The van der Waals surface area contributed by atoms with Gasteiger partial charge in [0.05, 0.1) is 6.10 Å². The maximum Gasteiger partial charge on any atom is 0.321 e. The van der Waals surface area contributed by atoms with Crippen molar-refractivity contribution >= 4 is 23.1 Å². The summed E-state index contributed by atoms with van der Waals surface area (Å²) in [7, 11) is 1.78. The number of aliphatic hydroxyl groups excluding tert-OH is 1. The van der Waals surface area contributed by atoms with E-state index in [1.54, 1.807) is 23.3 Å². The molecule has 1 saturated carbocycles. The summed E-state index contributed by atoms with van der Waals surface area (Å²) in [5.41, 5.74) is 1.89. The smallest absolute Gasteiger partial charge is 0.321 e. The van der Waals surface area contributed by atoms with Gasteiger partial charge < -0.3 is 15.3 Å². The number of thiophene rings is 1. The van der Waals surface area contributed by atoms with Crippen LogP contribution >= 0.6 is 11.3 Å². The first-order valence-electron chi connectivity index (χ1n) is 7.97. The molecule has 1 aromatic carbocycles. The summed E-state index contributed by atoms with van der Waals surface area (Å²) in [6, 6.07) is 11.8. The first kappa shape index (κ1) is 16.0. The molecular formula is C18H22N2O2S. The Balaban J connectivity index is 1.62. The molecule has 0 bridgehead atoms. The van der Waals surface area contributed by atoms with Crippen LogP contribution in [0.5, 0.6) is 0 Å². The van der Waals surface area contributed by atoms with Gasteiger partial charge in [-0.25, -0.2) is 4.79 Å². The van der Waals surface area contributed by atoms with E-state index in [1.165, 1.54) is 4.88 Å². The number of aliphatic hydroxyl groups is 1. The molecule has 4 nitrogen and oxygen atoms in total. The van der Waals surface area contributed by atoms with E-state index in [0.717, 1.165) is 30.5 Å². The van der Waals surface area contributed by atoms with Crippen molar-refractivity contribution in [2.45, 2.75) is 25.4 Å². The molecule has 1 aliphatic rings. The topological polar surface area (TPSA) is 52.6 Å². The van der Waals surface area contributed by atoms with Gasteiger partial charge in [-0.1, -0.05) is 24.6 Å². The molecule has 0 radical (unpaired) electrons. The quantitative estimate of drug-likeness (QED) is 0.889. The highest BCUT2D eigenvalue weighted by Crippen LogP contribution is 2.28. The fourth-order valence-electron chi connectivity index (χ4n) is 3.08. The van der Waals surface area contributed by atoms with E-state index in [9.17, 15) is 9.90 Å². The van der Waals surface area contributed by atoms with Gasteiger partial charge >= 0.3 is 6.03 Å². The van der Waals surface area contributed by atoms with Gasteiger partial charge in [0.25, 0.3) is 0 Å². The van der Waals surface area contributed by atoms with Crippen LogP contribution in [0.25, 0.3) is 10.4 Å². The third-order valence-electron chi connectivity index (χ3n) is 4.39. The SMILES string of the molecule is CN(CC1CCCC1O)C(=O)Nc1cccc(-c2cccs2)c1. The lowest BCUT2D eigenvalue weighted by molar-refractivity contribution is 0.116. The third kappa shape index (κ3) is 3.92. The number of nitrogens with one attached hydrogen (secondary N) is 1. The summed E-state index contributed by atoms with van der Waals surface area (Å²) in [4.78, 5) is 15.2. The van der Waals surface area contributed by atoms with E-state index in [2.05, 4.69) is 11.4 Å². The Labute approximate surface area is 140 Å². The Morgan fingerprint density at radius 3 is 2.91 bits per heavy atom. The van der Waals surface area contributed by atoms with Crippen LogP contribution in [0.1, 0.15) is 19.3 Å². The van der Waals surface area contributed by atoms with Crippen molar-refractivity contribution in [3.8, 4) is 10.4 Å². The predicted octanol–water partition coefficient (Wildman–Crippen LogP) is 4.04. The second-order valence-corrected chi connectivity index (χ2v) is 7.07. The van der Waals surface area contributed by atoms with E-state index in [0.29, 0.717) is 6.54 Å². The van der Waals surface area contributed by atoms with Crippen LogP contribution in [0, 0.1) is 5.92 Å². The number of rotatable bonds is 4. The fraction of sp³-hybridized carbons (Fsp3) is 0.389. The van der Waals surface area contributed by atoms with E-state index in [4.69, 9.17) is 0 Å². The van der Waals surface area contributed by atoms with Gasteiger partial charge in [-0.2, -0.15) is 0 Å². The molecule has 2 aromatic rings. The average Bonchev–Trinajstić information content (AvgIpc) is 3.20. The van der Waals surface area contributed by atoms with Crippen LogP contribution in [0.3, 0.4) is 0 Å². The van der Waals surface area contributed by atoms with Gasteiger partial charge in [0.15, 0.2) is 0 Å². The number of urea groups is 1. The predicted molar refractivity (Wildman–Crippen MR) is 94.8 cm³/mol. The summed E-state index contributed by atoms with van der Waals surface area (Å²) >= 11 is 1.68. The number of carbonyl (C=O) groups is 1. The van der Waals surface area contributed by atoms with Crippen molar-refractivity contribution < 1.29 is 9.90 Å². The van der Waals surface area contributed by atoms with Gasteiger partial charge in [0, 0.05) is 30.1 Å². The van der Waals surface area contributed by atoms with Crippen molar-refractivity contribution in [2.75, 3.05) is 18.9 Å². The number of nitrogens with zero attached hydrogens (tertiary/aromatic N) is 1. The number of carbonyl (C=O) groups excluding carboxylic acids is 1. The second-order valence-electron chi connectivity index (χ2n) is 6.13. The van der Waals surface area contributed by atoms with Gasteiger partial charge in [-0.05, 0) is 42.0 Å². The lowest BCUT2D eigenvalue weighted by Crippen LogP contribution is -2.37. The average molecular weight is 330 g/mol. The molecule has 0 aliphatic heterocycles. The zero-order valence-corrected chi connectivity index (χ0v) is 14.1. The monoisotopic (exact) mass is 330 g/mol. The number of hydrogen-bond donors (Lipinski definition) is 2. The Hall–Kier alpha value is -1.85. The highest BCUT2D eigenvalue weighted by molar-refractivity contribution is 7.13. The van der Waals surface area contributed by atoms with Crippen molar-refractivity contribution in [3.05, 3.63) is 41.8 Å². The largest absolute Gasteiger partial charge is 0.393 e. The first-order valence-corrected chi connectivity index (χ1v) is 8.85. The minimum atomic E-state index is -0.271. The highest BCUT2D eigenvalue weighted by Gasteiger charge is 2.27. The fourth-order valence-corrected chi connectivity index (χ4v) is 3.80. The molecule has 2 N–H and O–H groups in total. The van der Waals surface area contributed by atoms with Crippen LogP contribution in [0.4, 0.5) is 10.5 Å². The molecule has 5 heteroatoms. The molecule has 2 atom stereocenters. The lowest BCUT2D eigenvalue weighted by Gasteiger charge is -2.23. The third-order valence-corrected chi connectivity index (χ3v) is 5.31. The first-order chi connectivity index (χ1) is 11.1. The number of benzene rings is 1. The molecule has 2 amide bonds. The van der Waals surface area contributed by atoms with Gasteiger partial charge in [0.2, 0.25) is 0 Å². The zero-order chi connectivity index (χ0) is 16.2. The second kappa shape index (κ2) is 7.15. The van der Waals surface area contributed by atoms with Gasteiger partial charge in [-0.3, -0.25) is 0 Å². The number of anilines is 1. The number of hydrogen-bond acceptors (Lipinski definition) is 3. The summed E-state index contributed by atoms with van der Waals surface area (Å²) < 4.78 is 0. The van der Waals surface area contributed by atoms with Gasteiger partial charge in [-0.15, -0.1) is 11.3 Å². The van der Waals surface area contributed by atoms with Crippen LogP contribution in [0.2, 0.25) is 0 Å². The van der Waals surface area contributed by atoms with Crippen LogP contribution in [-0.2, 0) is 0 Å². The normalized spacial score (nSPS) is 20.4. The van der Waals surface area contributed by atoms with Crippen LogP contribution < -0.4 is 5.32 Å². The van der Waals surface area contributed by atoms with Gasteiger partial charge in [0.1, 0.15) is 0 Å². The molecule has 23 heavy (non-hydrogen) atoms. The Bertz CT molecular complexity index is 657. The Morgan fingerprint density at radius 1 is 1.35 bits per heavy atom. The molecule has 0 saturated heterocycles. The standard InChI is InChI=1S/C18H22N2O2S/c1-20(12-14-6-3-8-16(14)21)18(22)19-15-7-2-5-13(11-15)17-9-4-10-23-17/h2,4-5,7,9-11,14,16,21H,3,6,8,12H2,1H3,(H,19,22). The molecule has 2 unspecified atom stereocenters. The Kier molecular flexibility index (Phi) is 4.98. The maximum atomic E-state index is 12.3. The Morgan fingerprint density at radius 2 is 2.22 bits per heavy atom. The van der Waals surface area contributed by atoms with Crippen LogP contribution in [0.15, 0.2) is 41.8 Å². The molecule has 122 valence electrons. The maximum absolute atomic E-state index is 12.3. The summed E-state index contributed by atoms with van der Waals surface area (Å²) in [5, 5.41) is 14.9. The summed E-state index contributed by atoms with van der Waals surface area (Å²) in [6.45, 7) is 0.595. The number of amides is 2. The molecule has 0 spiro atoms. The van der Waals surface area contributed by atoms with E-state index in [-0.39, 0.29) is 18.1 Å². The van der Waals surface area contributed by atoms with Crippen molar-refractivity contribution in [3.63, 3.8) is 0 Å². The van der Waals surface area contributed by atoms with Crippen molar-refractivity contribution in [1.82, 2.24) is 4.90 Å². The van der Waals surface area contributed by atoms with Crippen LogP contribution in [-0.4, -0.2) is 35.7 Å². The molecule has 1 fully saturated rings. The molecule has 1 aliphatic carbocycles. The minimum Gasteiger partial charge on any atom is -0.393 e. The van der Waals surface area contributed by atoms with E-state index in [1.807, 2.05) is 35.7 Å². The summed E-state index contributed by atoms with van der Waals surface area (Å²) in [6.07, 6.45) is 2.62. The molecule has 1 heterocycles. The van der Waals surface area contributed by atoms with E-state index < -0.39 is 0 Å². The van der Waals surface area contributed by atoms with E-state index >= 15 is 0 Å². The lowest BCUT2D eigenvalue weighted by atomic mass is 10.1. The van der Waals surface area contributed by atoms with Crippen molar-refractivity contribution in [2.24, 2.45) is 5.92 Å². The molecule has 1 aromatic heterocycles. The van der Waals surface area contributed by atoms with Crippen molar-refractivity contribution in [1.29, 1.82) is 0 Å². The zero-order valence-electron chi connectivity index (χ0n) is 13.2. The molecular weight excluding hydrogens is 308 g/mol. The molecule has 3 rings (SSSR count).